The molecule has 2 heterocycles. The summed E-state index contributed by atoms with van der Waals surface area (Å²) in [5.74, 6) is 0.883. The van der Waals surface area contributed by atoms with Gasteiger partial charge >= 0.3 is 0 Å². The smallest absolute Gasteiger partial charge is 0.220 e. The highest BCUT2D eigenvalue weighted by atomic mass is 32.2. The van der Waals surface area contributed by atoms with Gasteiger partial charge in [0.15, 0.2) is 5.16 Å². The molecule has 18 heavy (non-hydrogen) atoms. The molecule has 0 saturated carbocycles. The van der Waals surface area contributed by atoms with Crippen LogP contribution in [0.4, 0.5) is 5.69 Å². The maximum absolute atomic E-state index is 5.81. The molecule has 0 bridgehead atoms. The molecule has 2 rings (SSSR count). The summed E-state index contributed by atoms with van der Waals surface area (Å²) < 4.78 is 10.2. The molecule has 0 saturated heterocycles. The fraction of sp³-hybridized carbons (Fsp3) is 0.182. The fourth-order valence-electron chi connectivity index (χ4n) is 1.22. The van der Waals surface area contributed by atoms with Crippen LogP contribution in [0.5, 0.6) is 11.8 Å². The van der Waals surface area contributed by atoms with E-state index >= 15 is 0 Å². The lowest BCUT2D eigenvalue weighted by Crippen LogP contribution is -1.97. The van der Waals surface area contributed by atoms with E-state index in [9.17, 15) is 0 Å². The third-order valence-electron chi connectivity index (χ3n) is 2.09. The second-order valence-electron chi connectivity index (χ2n) is 3.25. The molecule has 0 radical (unpaired) electrons. The Kier molecular flexibility index (Phi) is 3.83. The lowest BCUT2D eigenvalue weighted by molar-refractivity contribution is 0.364. The van der Waals surface area contributed by atoms with Crippen LogP contribution in [0.2, 0.25) is 0 Å². The topological polar surface area (TPSA) is 83.2 Å². The number of anilines is 1. The molecule has 0 atom stereocenters. The quantitative estimate of drug-likeness (QED) is 0.840. The van der Waals surface area contributed by atoms with E-state index in [4.69, 9.17) is 15.2 Å². The summed E-state index contributed by atoms with van der Waals surface area (Å²) in [6.07, 6.45) is 3.25. The Balaban J connectivity index is 2.31. The molecule has 2 N–H and O–H groups in total. The van der Waals surface area contributed by atoms with Gasteiger partial charge in [0.1, 0.15) is 0 Å². The summed E-state index contributed by atoms with van der Waals surface area (Å²) in [6.45, 7) is 0. The summed E-state index contributed by atoms with van der Waals surface area (Å²) in [5, 5.41) is 0.504. The van der Waals surface area contributed by atoms with Gasteiger partial charge < -0.3 is 15.2 Å². The number of rotatable bonds is 4. The first-order valence-corrected chi connectivity index (χ1v) is 5.89. The van der Waals surface area contributed by atoms with Crippen LogP contribution < -0.4 is 15.2 Å². The van der Waals surface area contributed by atoms with Crippen molar-refractivity contribution in [3.05, 3.63) is 24.5 Å². The van der Waals surface area contributed by atoms with Gasteiger partial charge in [0.25, 0.3) is 0 Å². The summed E-state index contributed by atoms with van der Waals surface area (Å²) in [4.78, 5) is 13.2. The van der Waals surface area contributed by atoms with Gasteiger partial charge in [-0.25, -0.2) is 0 Å². The summed E-state index contributed by atoms with van der Waals surface area (Å²) >= 11 is 1.33. The molecule has 7 heteroatoms. The Bertz CT molecular complexity index is 528. The molecule has 0 aromatic carbocycles. The lowest BCUT2D eigenvalue weighted by atomic mass is 10.4. The third-order valence-corrected chi connectivity index (χ3v) is 3.05. The minimum atomic E-state index is 0.442. The zero-order chi connectivity index (χ0) is 13.0. The Labute approximate surface area is 109 Å². The van der Waals surface area contributed by atoms with E-state index in [2.05, 4.69) is 15.0 Å². The van der Waals surface area contributed by atoms with E-state index in [0.717, 1.165) is 4.90 Å². The first kappa shape index (κ1) is 12.4. The largest absolute Gasteiger partial charge is 0.481 e. The predicted molar refractivity (Wildman–Crippen MR) is 67.9 cm³/mol. The van der Waals surface area contributed by atoms with E-state index in [-0.39, 0.29) is 0 Å². The molecule has 0 fully saturated rings. The Morgan fingerprint density at radius 2 is 1.83 bits per heavy atom. The van der Waals surface area contributed by atoms with Crippen LogP contribution in [0.25, 0.3) is 0 Å². The van der Waals surface area contributed by atoms with Crippen LogP contribution in [0.3, 0.4) is 0 Å². The van der Waals surface area contributed by atoms with E-state index in [1.807, 2.05) is 0 Å². The number of nitrogens with zero attached hydrogens (tertiary/aromatic N) is 3. The number of aromatic nitrogens is 3. The molecule has 0 aliphatic carbocycles. The maximum Gasteiger partial charge on any atom is 0.220 e. The molecule has 0 aliphatic heterocycles. The second kappa shape index (κ2) is 5.54. The summed E-state index contributed by atoms with van der Waals surface area (Å²) in [7, 11) is 3.08. The average molecular weight is 264 g/mol. The van der Waals surface area contributed by atoms with Crippen LogP contribution >= 0.6 is 11.8 Å². The minimum absolute atomic E-state index is 0.442. The molecule has 2 aromatic rings. The molecule has 6 nitrogen and oxygen atoms in total. The Morgan fingerprint density at radius 3 is 2.39 bits per heavy atom. The highest BCUT2D eigenvalue weighted by molar-refractivity contribution is 7.99. The first-order chi connectivity index (χ1) is 8.72. The number of hydrogen-bond acceptors (Lipinski definition) is 7. The van der Waals surface area contributed by atoms with Crippen LogP contribution in [0.1, 0.15) is 0 Å². The number of ether oxygens (including phenoxy) is 2. The standard InChI is InChI=1S/C11H12N4O2S/c1-16-9-5-10(17-2)15-11(14-9)18-8-3-4-13-6-7(8)12/h3-6H,12H2,1-2H3. The van der Waals surface area contributed by atoms with Crippen molar-refractivity contribution in [3.8, 4) is 11.8 Å². The molecule has 0 unspecified atom stereocenters. The van der Waals surface area contributed by atoms with Crippen molar-refractivity contribution < 1.29 is 9.47 Å². The average Bonchev–Trinajstić information content (AvgIpc) is 2.41. The third kappa shape index (κ3) is 2.80. The van der Waals surface area contributed by atoms with Crippen molar-refractivity contribution in [3.63, 3.8) is 0 Å². The second-order valence-corrected chi connectivity index (χ2v) is 4.26. The van der Waals surface area contributed by atoms with E-state index in [0.29, 0.717) is 22.6 Å². The summed E-state index contributed by atoms with van der Waals surface area (Å²) in [5.41, 5.74) is 6.38. The van der Waals surface area contributed by atoms with E-state index < -0.39 is 0 Å². The van der Waals surface area contributed by atoms with Crippen LogP contribution in [0.15, 0.2) is 34.6 Å². The van der Waals surface area contributed by atoms with Gasteiger partial charge in [-0.15, -0.1) is 0 Å². The van der Waals surface area contributed by atoms with Crippen molar-refractivity contribution >= 4 is 17.4 Å². The van der Waals surface area contributed by atoms with Gasteiger partial charge in [0.2, 0.25) is 11.8 Å². The number of pyridine rings is 1. The van der Waals surface area contributed by atoms with E-state index in [1.54, 1.807) is 24.5 Å². The van der Waals surface area contributed by atoms with Crippen molar-refractivity contribution in [1.29, 1.82) is 0 Å². The Morgan fingerprint density at radius 1 is 1.17 bits per heavy atom. The zero-order valence-corrected chi connectivity index (χ0v) is 10.8. The predicted octanol–water partition coefficient (Wildman–Crippen LogP) is 1.62. The molecular weight excluding hydrogens is 252 g/mol. The molecule has 0 spiro atoms. The monoisotopic (exact) mass is 264 g/mol. The van der Waals surface area contributed by atoms with Crippen LogP contribution in [0, 0.1) is 0 Å². The first-order valence-electron chi connectivity index (χ1n) is 5.07. The molecule has 2 aromatic heterocycles. The number of nitrogens with two attached hydrogens (primary N) is 1. The van der Waals surface area contributed by atoms with Gasteiger partial charge in [-0.3, -0.25) is 4.98 Å². The van der Waals surface area contributed by atoms with Crippen molar-refractivity contribution in [2.75, 3.05) is 20.0 Å². The molecule has 0 amide bonds. The number of hydrogen-bond donors (Lipinski definition) is 1. The highest BCUT2D eigenvalue weighted by Gasteiger charge is 2.08. The highest BCUT2D eigenvalue weighted by Crippen LogP contribution is 2.31. The maximum atomic E-state index is 5.81. The van der Waals surface area contributed by atoms with E-state index in [1.165, 1.54) is 26.0 Å². The van der Waals surface area contributed by atoms with Crippen LogP contribution in [-0.2, 0) is 0 Å². The van der Waals surface area contributed by atoms with Gasteiger partial charge in [-0.2, -0.15) is 9.97 Å². The number of methoxy groups -OCH3 is 2. The van der Waals surface area contributed by atoms with Gasteiger partial charge in [0.05, 0.1) is 32.2 Å². The van der Waals surface area contributed by atoms with Gasteiger partial charge in [-0.1, -0.05) is 0 Å². The molecular formula is C11H12N4O2S. The molecule has 94 valence electrons. The lowest BCUT2D eigenvalue weighted by Gasteiger charge is -2.06. The zero-order valence-electron chi connectivity index (χ0n) is 9.95. The van der Waals surface area contributed by atoms with Gasteiger partial charge in [0, 0.05) is 11.1 Å². The summed E-state index contributed by atoms with van der Waals surface area (Å²) in [6, 6.07) is 3.41. The van der Waals surface area contributed by atoms with Crippen LogP contribution in [-0.4, -0.2) is 29.2 Å². The number of nitrogen functional groups attached to an aromatic ring is 1. The fourth-order valence-corrected chi connectivity index (χ4v) is 1.99. The van der Waals surface area contributed by atoms with Gasteiger partial charge in [-0.05, 0) is 17.8 Å². The Hall–Kier alpha value is -2.02. The minimum Gasteiger partial charge on any atom is -0.481 e. The normalized spacial score (nSPS) is 10.1. The van der Waals surface area contributed by atoms with Crippen molar-refractivity contribution in [1.82, 2.24) is 15.0 Å². The van der Waals surface area contributed by atoms with Crippen molar-refractivity contribution in [2.24, 2.45) is 0 Å². The SMILES string of the molecule is COc1cc(OC)nc(Sc2ccncc2N)n1. The molecule has 0 aliphatic rings. The van der Waals surface area contributed by atoms with Crippen molar-refractivity contribution in [2.45, 2.75) is 10.1 Å².